The SMILES string of the molecule is COCC1CN(C(=O)/C=C/c2ccc3c(c2)OCCO3)CCO1. The Morgan fingerprint density at radius 1 is 1.30 bits per heavy atom. The molecule has 0 aromatic heterocycles. The first-order valence-electron chi connectivity index (χ1n) is 7.73. The summed E-state index contributed by atoms with van der Waals surface area (Å²) in [6.45, 7) is 3.31. The van der Waals surface area contributed by atoms with E-state index < -0.39 is 0 Å². The maximum atomic E-state index is 12.3. The van der Waals surface area contributed by atoms with Gasteiger partial charge in [0.1, 0.15) is 13.2 Å². The molecule has 1 aromatic rings. The number of hydrogen-bond acceptors (Lipinski definition) is 5. The molecule has 2 heterocycles. The normalized spacial score (nSPS) is 20.7. The summed E-state index contributed by atoms with van der Waals surface area (Å²) < 4.78 is 21.7. The molecule has 0 saturated carbocycles. The van der Waals surface area contributed by atoms with E-state index in [1.54, 1.807) is 24.2 Å². The Morgan fingerprint density at radius 3 is 2.96 bits per heavy atom. The minimum Gasteiger partial charge on any atom is -0.486 e. The van der Waals surface area contributed by atoms with Gasteiger partial charge in [-0.3, -0.25) is 4.79 Å². The Morgan fingerprint density at radius 2 is 2.13 bits per heavy atom. The van der Waals surface area contributed by atoms with Gasteiger partial charge in [-0.1, -0.05) is 6.07 Å². The van der Waals surface area contributed by atoms with Gasteiger partial charge in [-0.25, -0.2) is 0 Å². The fraction of sp³-hybridized carbons (Fsp3) is 0.471. The lowest BCUT2D eigenvalue weighted by molar-refractivity contribution is -0.135. The number of hydrogen-bond donors (Lipinski definition) is 0. The third kappa shape index (κ3) is 4.03. The van der Waals surface area contributed by atoms with Crippen LogP contribution in [0.3, 0.4) is 0 Å². The summed E-state index contributed by atoms with van der Waals surface area (Å²) in [5.41, 5.74) is 0.907. The number of methoxy groups -OCH3 is 1. The molecule has 1 atom stereocenters. The van der Waals surface area contributed by atoms with Gasteiger partial charge in [-0.15, -0.1) is 0 Å². The Kier molecular flexibility index (Phi) is 5.15. The maximum Gasteiger partial charge on any atom is 0.246 e. The lowest BCUT2D eigenvalue weighted by atomic mass is 10.1. The van der Waals surface area contributed by atoms with Crippen LogP contribution < -0.4 is 9.47 Å². The molecule has 0 N–H and O–H groups in total. The number of ether oxygens (including phenoxy) is 4. The third-order valence-corrected chi connectivity index (χ3v) is 3.79. The fourth-order valence-electron chi connectivity index (χ4n) is 2.64. The van der Waals surface area contributed by atoms with Crippen LogP contribution in [0.5, 0.6) is 11.5 Å². The zero-order chi connectivity index (χ0) is 16.1. The van der Waals surface area contributed by atoms with Crippen molar-refractivity contribution in [1.82, 2.24) is 4.90 Å². The first-order valence-corrected chi connectivity index (χ1v) is 7.73. The van der Waals surface area contributed by atoms with Gasteiger partial charge in [-0.05, 0) is 23.8 Å². The van der Waals surface area contributed by atoms with Crippen LogP contribution in [0.4, 0.5) is 0 Å². The van der Waals surface area contributed by atoms with Crippen molar-refractivity contribution in [3.63, 3.8) is 0 Å². The zero-order valence-electron chi connectivity index (χ0n) is 13.2. The van der Waals surface area contributed by atoms with Gasteiger partial charge in [-0.2, -0.15) is 0 Å². The minimum atomic E-state index is -0.0552. The van der Waals surface area contributed by atoms with Crippen molar-refractivity contribution in [2.75, 3.05) is 46.6 Å². The standard InChI is InChI=1S/C17H21NO5/c1-20-12-14-11-18(6-7-21-14)17(19)5-3-13-2-4-15-16(10-13)23-9-8-22-15/h2-5,10,14H,6-9,11-12H2,1H3/b5-3+. The van der Waals surface area contributed by atoms with Gasteiger partial charge < -0.3 is 23.8 Å². The molecule has 6 nitrogen and oxygen atoms in total. The van der Waals surface area contributed by atoms with E-state index in [0.717, 1.165) is 17.1 Å². The maximum absolute atomic E-state index is 12.3. The predicted octanol–water partition coefficient (Wildman–Crippen LogP) is 1.34. The van der Waals surface area contributed by atoms with Crippen molar-refractivity contribution in [3.8, 4) is 11.5 Å². The second-order valence-corrected chi connectivity index (χ2v) is 5.47. The lowest BCUT2D eigenvalue weighted by Crippen LogP contribution is -2.46. The Hall–Kier alpha value is -2.05. The first-order chi connectivity index (χ1) is 11.3. The van der Waals surface area contributed by atoms with Crippen molar-refractivity contribution in [2.45, 2.75) is 6.10 Å². The van der Waals surface area contributed by atoms with E-state index in [0.29, 0.717) is 39.5 Å². The van der Waals surface area contributed by atoms with E-state index in [1.807, 2.05) is 18.2 Å². The van der Waals surface area contributed by atoms with Gasteiger partial charge in [0.15, 0.2) is 11.5 Å². The number of morpholine rings is 1. The number of amides is 1. The predicted molar refractivity (Wildman–Crippen MR) is 84.7 cm³/mol. The van der Waals surface area contributed by atoms with Gasteiger partial charge in [0.25, 0.3) is 0 Å². The van der Waals surface area contributed by atoms with Crippen LogP contribution >= 0.6 is 0 Å². The van der Waals surface area contributed by atoms with Crippen LogP contribution in [0.2, 0.25) is 0 Å². The summed E-state index contributed by atoms with van der Waals surface area (Å²) in [7, 11) is 1.63. The monoisotopic (exact) mass is 319 g/mol. The molecule has 1 unspecified atom stereocenters. The molecule has 0 spiro atoms. The molecule has 1 amide bonds. The smallest absolute Gasteiger partial charge is 0.246 e. The highest BCUT2D eigenvalue weighted by Crippen LogP contribution is 2.31. The Bertz CT molecular complexity index is 584. The fourth-order valence-corrected chi connectivity index (χ4v) is 2.64. The summed E-state index contributed by atoms with van der Waals surface area (Å²) in [6.07, 6.45) is 3.32. The second kappa shape index (κ2) is 7.48. The number of carbonyl (C=O) groups is 1. The molecule has 2 aliphatic rings. The molecule has 0 aliphatic carbocycles. The van der Waals surface area contributed by atoms with Crippen molar-refractivity contribution in [2.24, 2.45) is 0 Å². The topological polar surface area (TPSA) is 57.2 Å². The van der Waals surface area contributed by atoms with Crippen molar-refractivity contribution >= 4 is 12.0 Å². The van der Waals surface area contributed by atoms with Crippen molar-refractivity contribution in [3.05, 3.63) is 29.8 Å². The number of fused-ring (bicyclic) bond motifs is 1. The molecule has 1 saturated heterocycles. The zero-order valence-corrected chi connectivity index (χ0v) is 13.2. The molecular formula is C17H21NO5. The van der Waals surface area contributed by atoms with Crippen LogP contribution in [0, 0.1) is 0 Å². The Labute approximate surface area is 135 Å². The van der Waals surface area contributed by atoms with Gasteiger partial charge in [0.2, 0.25) is 5.91 Å². The second-order valence-electron chi connectivity index (χ2n) is 5.47. The quantitative estimate of drug-likeness (QED) is 0.784. The number of nitrogens with zero attached hydrogens (tertiary/aromatic N) is 1. The van der Waals surface area contributed by atoms with E-state index >= 15 is 0 Å². The molecule has 0 bridgehead atoms. The van der Waals surface area contributed by atoms with E-state index in [1.165, 1.54) is 0 Å². The molecule has 6 heteroatoms. The van der Waals surface area contributed by atoms with Crippen molar-refractivity contribution in [1.29, 1.82) is 0 Å². The van der Waals surface area contributed by atoms with Crippen LogP contribution in [-0.2, 0) is 14.3 Å². The van der Waals surface area contributed by atoms with Gasteiger partial charge in [0.05, 0.1) is 19.3 Å². The number of rotatable bonds is 4. The first kappa shape index (κ1) is 15.8. The summed E-state index contributed by atoms with van der Waals surface area (Å²) >= 11 is 0. The molecular weight excluding hydrogens is 298 g/mol. The lowest BCUT2D eigenvalue weighted by Gasteiger charge is -2.31. The van der Waals surface area contributed by atoms with Crippen LogP contribution in [-0.4, -0.2) is 63.5 Å². The highest BCUT2D eigenvalue weighted by atomic mass is 16.6. The van der Waals surface area contributed by atoms with Crippen molar-refractivity contribution < 1.29 is 23.7 Å². The average molecular weight is 319 g/mol. The molecule has 2 aliphatic heterocycles. The number of carbonyl (C=O) groups excluding carboxylic acids is 1. The summed E-state index contributed by atoms with van der Waals surface area (Å²) in [5.74, 6) is 1.44. The van der Waals surface area contributed by atoms with Crippen LogP contribution in [0.25, 0.3) is 6.08 Å². The molecule has 1 fully saturated rings. The Balaban J connectivity index is 1.61. The summed E-state index contributed by atoms with van der Waals surface area (Å²) in [5, 5.41) is 0. The molecule has 0 radical (unpaired) electrons. The molecule has 3 rings (SSSR count). The van der Waals surface area contributed by atoms with Crippen LogP contribution in [0.1, 0.15) is 5.56 Å². The average Bonchev–Trinajstić information content (AvgIpc) is 2.60. The van der Waals surface area contributed by atoms with E-state index in [-0.39, 0.29) is 12.0 Å². The van der Waals surface area contributed by atoms with Gasteiger partial charge in [0, 0.05) is 26.3 Å². The minimum absolute atomic E-state index is 0.0238. The summed E-state index contributed by atoms with van der Waals surface area (Å²) in [4.78, 5) is 14.1. The highest BCUT2D eigenvalue weighted by molar-refractivity contribution is 5.92. The molecule has 1 aromatic carbocycles. The summed E-state index contributed by atoms with van der Waals surface area (Å²) in [6, 6.07) is 5.65. The molecule has 124 valence electrons. The number of benzene rings is 1. The van der Waals surface area contributed by atoms with E-state index in [2.05, 4.69) is 0 Å². The van der Waals surface area contributed by atoms with E-state index in [9.17, 15) is 4.79 Å². The third-order valence-electron chi connectivity index (χ3n) is 3.79. The largest absolute Gasteiger partial charge is 0.486 e. The van der Waals surface area contributed by atoms with Gasteiger partial charge >= 0.3 is 0 Å². The van der Waals surface area contributed by atoms with E-state index in [4.69, 9.17) is 18.9 Å². The van der Waals surface area contributed by atoms with Crippen LogP contribution in [0.15, 0.2) is 24.3 Å². The molecule has 23 heavy (non-hydrogen) atoms. The highest BCUT2D eigenvalue weighted by Gasteiger charge is 2.22.